The van der Waals surface area contributed by atoms with Crippen molar-refractivity contribution in [2.24, 2.45) is 31.8 Å². The van der Waals surface area contributed by atoms with Crippen LogP contribution >= 0.6 is 69.0 Å². The number of ether oxygens (including phenoxy) is 2. The Balaban J connectivity index is 0.000000207. The molecule has 4 aliphatic rings. The molecule has 0 spiro atoms. The van der Waals surface area contributed by atoms with Crippen molar-refractivity contribution in [1.82, 2.24) is 39.6 Å². The molecule has 4 aliphatic heterocycles. The molecule has 16 nitrogen and oxygen atoms in total. The maximum atomic E-state index is 12.5. The summed E-state index contributed by atoms with van der Waals surface area (Å²) >= 11 is 26.5. The van der Waals surface area contributed by atoms with E-state index in [1.165, 1.54) is 62.7 Å². The van der Waals surface area contributed by atoms with E-state index < -0.39 is 11.2 Å². The molecule has 0 aliphatic carbocycles. The number of likely N-dealkylation sites (tertiary alicyclic amines) is 3. The minimum atomic E-state index is -0.425. The van der Waals surface area contributed by atoms with Crippen LogP contribution in [0.25, 0.3) is 0 Å². The molecule has 0 atom stereocenters. The van der Waals surface area contributed by atoms with Gasteiger partial charge in [-0.2, -0.15) is 10.2 Å². The Kier molecular flexibility index (Phi) is 31.9. The molecule has 0 saturated carbocycles. The Bertz CT molecular complexity index is 3350. The monoisotopic (exact) mass is 1440 g/mol. The second-order valence-electron chi connectivity index (χ2n) is 25.1. The van der Waals surface area contributed by atoms with Gasteiger partial charge < -0.3 is 35.2 Å². The average molecular weight is 1440 g/mol. The summed E-state index contributed by atoms with van der Waals surface area (Å²) in [6, 6.07) is 37.8. The minimum Gasteiger partial charge on any atom is -0.444 e. The number of hydrogen-bond acceptors (Lipinski definition) is 11. The molecule has 6 heterocycles. The van der Waals surface area contributed by atoms with Gasteiger partial charge in [0.1, 0.15) is 17.0 Å². The van der Waals surface area contributed by atoms with Crippen LogP contribution in [0.5, 0.6) is 0 Å². The molecule has 0 bridgehead atoms. The zero-order valence-electron chi connectivity index (χ0n) is 54.1. The summed E-state index contributed by atoms with van der Waals surface area (Å²) in [7, 11) is 3.15. The summed E-state index contributed by atoms with van der Waals surface area (Å²) in [5.74, 6) is 2.39. The van der Waals surface area contributed by atoms with Gasteiger partial charge in [-0.15, -0.1) is 0 Å². The van der Waals surface area contributed by atoms with E-state index in [0.29, 0.717) is 23.3 Å². The number of aromatic nitrogens is 4. The number of benzene rings is 4. The summed E-state index contributed by atoms with van der Waals surface area (Å²) in [5.41, 5.74) is 9.67. The highest BCUT2D eigenvalue weighted by atomic mass is 127. The Morgan fingerprint density at radius 3 is 1.29 bits per heavy atom. The third-order valence-corrected chi connectivity index (χ3v) is 18.1. The highest BCUT2D eigenvalue weighted by Crippen LogP contribution is 2.29. The number of carbonyl (C=O) groups is 3. The summed E-state index contributed by atoms with van der Waals surface area (Å²) in [6.07, 6.45) is 11.3. The third-order valence-electron chi connectivity index (χ3n) is 15.4. The molecule has 494 valence electrons. The Labute approximate surface area is 572 Å². The molecule has 10 rings (SSSR count). The van der Waals surface area contributed by atoms with Crippen LogP contribution in [0.1, 0.15) is 115 Å². The summed E-state index contributed by atoms with van der Waals surface area (Å²) in [6.45, 7) is 22.1. The van der Waals surface area contributed by atoms with E-state index in [2.05, 4.69) is 68.9 Å². The quantitative estimate of drug-likeness (QED) is 0.109. The first-order valence-electron chi connectivity index (χ1n) is 31.2. The Morgan fingerprint density at radius 1 is 0.538 bits per heavy atom. The third kappa shape index (κ3) is 28.8. The molecule has 2 aromatic heterocycles. The largest absolute Gasteiger partial charge is 0.444 e. The first-order valence-corrected chi connectivity index (χ1v) is 33.8. The topological polar surface area (TPSA) is 187 Å². The molecule has 0 unspecified atom stereocenters. The number of carbonyl (C=O) groups excluding carboxylic acids is 3. The van der Waals surface area contributed by atoms with Gasteiger partial charge in [-0.3, -0.25) is 14.4 Å². The van der Waals surface area contributed by atoms with Crippen molar-refractivity contribution in [3.8, 4) is 0 Å². The predicted molar refractivity (Wildman–Crippen MR) is 378 cm³/mol. The van der Waals surface area contributed by atoms with Crippen molar-refractivity contribution in [1.29, 1.82) is 0 Å². The van der Waals surface area contributed by atoms with E-state index in [0.717, 1.165) is 140 Å². The molecule has 6 aromatic rings. The van der Waals surface area contributed by atoms with E-state index in [4.69, 9.17) is 61.6 Å². The molecular formula is C70H92Cl4IN9O7. The van der Waals surface area contributed by atoms with Crippen molar-refractivity contribution < 1.29 is 23.9 Å². The number of halogens is 5. The molecule has 0 radical (unpaired) electrons. The van der Waals surface area contributed by atoms with Crippen molar-refractivity contribution in [3.05, 3.63) is 200 Å². The lowest BCUT2D eigenvalue weighted by atomic mass is 9.90. The van der Waals surface area contributed by atoms with Gasteiger partial charge in [-0.05, 0) is 225 Å². The number of piperidine rings is 4. The predicted octanol–water partition coefficient (Wildman–Crippen LogP) is 14.7. The number of aryl methyl sites for hydroxylation is 2. The average Bonchev–Trinajstić information content (AvgIpc) is 3.72. The van der Waals surface area contributed by atoms with E-state index >= 15 is 0 Å². The van der Waals surface area contributed by atoms with Gasteiger partial charge in [0.05, 0.1) is 17.1 Å². The number of rotatable bonds is 8. The number of nitrogens with one attached hydrogen (secondary N) is 1. The van der Waals surface area contributed by atoms with Gasteiger partial charge >= 0.3 is 12.2 Å². The van der Waals surface area contributed by atoms with Crippen LogP contribution in [0.2, 0.25) is 20.1 Å². The molecule has 4 fully saturated rings. The van der Waals surface area contributed by atoms with Crippen LogP contribution in [0.3, 0.4) is 0 Å². The summed E-state index contributed by atoms with van der Waals surface area (Å²) in [4.78, 5) is 63.5. The van der Waals surface area contributed by atoms with Crippen LogP contribution in [0.4, 0.5) is 15.4 Å². The highest BCUT2D eigenvalue weighted by Gasteiger charge is 2.28. The van der Waals surface area contributed by atoms with E-state index in [9.17, 15) is 24.0 Å². The van der Waals surface area contributed by atoms with Crippen molar-refractivity contribution in [2.75, 3.05) is 58.1 Å². The van der Waals surface area contributed by atoms with E-state index in [1.807, 2.05) is 124 Å². The molecule has 4 saturated heterocycles. The maximum absolute atomic E-state index is 12.5. The van der Waals surface area contributed by atoms with Gasteiger partial charge in [-0.25, -0.2) is 19.0 Å². The number of amides is 3. The summed E-state index contributed by atoms with van der Waals surface area (Å²) in [5, 5.41) is 14.6. The molecular weight excluding hydrogens is 1350 g/mol. The SMILES string of the molecule is C=C1CCN(C(=O)OC(C)(C)C)CC1.CC(C)(C)OC(=O)N1CCC(Cc2ccccc2Cl)CC1.Clc1ccccc1CC1CCNCC1.Clc1ccccc1I.Cn1nc(CC(=O)N2CCC(Cc3ccccc3Cl)CC2)ccc1=O.Cn1nc(N)ccc1=O. The van der Waals surface area contributed by atoms with Crippen molar-refractivity contribution in [2.45, 2.75) is 130 Å². The van der Waals surface area contributed by atoms with Gasteiger partial charge in [-0.1, -0.05) is 125 Å². The molecule has 3 N–H and O–H groups in total. The molecule has 91 heavy (non-hydrogen) atoms. The Morgan fingerprint density at radius 2 is 0.912 bits per heavy atom. The van der Waals surface area contributed by atoms with Gasteiger partial charge in [0, 0.05) is 84.1 Å². The van der Waals surface area contributed by atoms with Crippen LogP contribution in [0, 0.1) is 21.3 Å². The second-order valence-corrected chi connectivity index (χ2v) is 27.9. The first kappa shape index (κ1) is 75.8. The van der Waals surface area contributed by atoms with Gasteiger partial charge in [0.15, 0.2) is 0 Å². The number of nitrogen functional groups attached to an aromatic ring is 1. The first-order chi connectivity index (χ1) is 43.1. The fourth-order valence-electron chi connectivity index (χ4n) is 10.2. The van der Waals surface area contributed by atoms with E-state index in [-0.39, 0.29) is 35.6 Å². The smallest absolute Gasteiger partial charge is 0.410 e. The fraction of sp³-hybridized carbons (Fsp3) is 0.471. The van der Waals surface area contributed by atoms with Gasteiger partial charge in [0.2, 0.25) is 5.91 Å². The van der Waals surface area contributed by atoms with E-state index in [1.54, 1.807) is 25.1 Å². The molecule has 21 heteroatoms. The zero-order chi connectivity index (χ0) is 66.7. The lowest BCUT2D eigenvalue weighted by molar-refractivity contribution is -0.131. The zero-order valence-corrected chi connectivity index (χ0v) is 59.3. The molecule has 3 amide bonds. The maximum Gasteiger partial charge on any atom is 0.410 e. The minimum absolute atomic E-state index is 0.0716. The van der Waals surface area contributed by atoms with Crippen molar-refractivity contribution in [3.63, 3.8) is 0 Å². The summed E-state index contributed by atoms with van der Waals surface area (Å²) < 4.78 is 14.2. The normalized spacial score (nSPS) is 15.5. The standard InChI is InChI=1S/C19H22ClN3O2.C17H24ClNO2.C12H16ClN.C11H19NO2.C6H4ClI.C5H7N3O/c1-22-18(24)7-6-16(21-22)13-19(25)23-10-8-14(9-11-23)12-15-4-2-3-5-17(15)20;1-17(2,3)21-16(20)19-10-8-13(9-11-19)12-14-6-4-5-7-15(14)18;13-12-4-2-1-3-11(12)9-10-5-7-14-8-6-10;1-9-5-7-12(8-6-9)10(13)14-11(2,3)4;7-5-3-1-2-4-6(5)8;1-8-5(9)3-2-4(6)7-8/h2-7,14H,8-13H2,1H3;4-7,13H,8-12H2,1-3H3;1-4,10,14H,5-9H2;1,5-8H2,2-4H3;1-4H;2-3H,1H3,(H2,6,7). The van der Waals surface area contributed by atoms with Gasteiger partial charge in [0.25, 0.3) is 11.1 Å². The second kappa shape index (κ2) is 38.3. The van der Waals surface area contributed by atoms with Crippen LogP contribution in [0.15, 0.2) is 143 Å². The number of hydrogen-bond donors (Lipinski definition) is 2. The number of nitrogens with two attached hydrogens (primary N) is 1. The fourth-order valence-corrected chi connectivity index (χ4v) is 11.4. The van der Waals surface area contributed by atoms with Crippen LogP contribution in [-0.2, 0) is 54.0 Å². The van der Waals surface area contributed by atoms with Crippen LogP contribution < -0.4 is 22.2 Å². The van der Waals surface area contributed by atoms with Crippen molar-refractivity contribution >= 4 is 92.9 Å². The highest BCUT2D eigenvalue weighted by molar-refractivity contribution is 14.1. The van der Waals surface area contributed by atoms with Crippen LogP contribution in [-0.4, -0.2) is 116 Å². The lowest BCUT2D eigenvalue weighted by Gasteiger charge is -2.33. The molecule has 4 aromatic carbocycles. The Hall–Kier alpha value is -5.96. The lowest BCUT2D eigenvalue weighted by Crippen LogP contribution is -2.42. The number of nitrogens with zero attached hydrogens (tertiary/aromatic N) is 7. The number of anilines is 1.